The van der Waals surface area contributed by atoms with Gasteiger partial charge in [-0.2, -0.15) is 9.90 Å². The van der Waals surface area contributed by atoms with Crippen LogP contribution in [0.25, 0.3) is 11.3 Å². The zero-order valence-corrected chi connectivity index (χ0v) is 9.40. The average molecular weight is 252 g/mol. The van der Waals surface area contributed by atoms with E-state index in [0.29, 0.717) is 0 Å². The number of hydrogen-bond donors (Lipinski definition) is 0. The second-order valence-electron chi connectivity index (χ2n) is 2.89. The molecule has 0 aliphatic heterocycles. The molecule has 0 radical (unpaired) electrons. The molecular formula is C10H10BrN3. The first-order valence-electron chi connectivity index (χ1n) is 4.47. The van der Waals surface area contributed by atoms with Crippen molar-refractivity contribution in [3.63, 3.8) is 0 Å². The van der Waals surface area contributed by atoms with E-state index in [0.717, 1.165) is 22.4 Å². The summed E-state index contributed by atoms with van der Waals surface area (Å²) in [6, 6.07) is 10.0. The predicted octanol–water partition coefficient (Wildman–Crippen LogP) is 2.73. The first-order valence-corrected chi connectivity index (χ1v) is 5.26. The molecule has 0 fully saturated rings. The van der Waals surface area contributed by atoms with Crippen LogP contribution in [0.2, 0.25) is 0 Å². The van der Waals surface area contributed by atoms with E-state index < -0.39 is 0 Å². The SMILES string of the molecule is CCn1nc(Br)c(-c2ccccc2)n1. The van der Waals surface area contributed by atoms with Crippen LogP contribution in [0.4, 0.5) is 0 Å². The van der Waals surface area contributed by atoms with Gasteiger partial charge in [-0.25, -0.2) is 0 Å². The number of nitrogens with zero attached hydrogens (tertiary/aromatic N) is 3. The van der Waals surface area contributed by atoms with Crippen molar-refractivity contribution in [2.75, 3.05) is 0 Å². The van der Waals surface area contributed by atoms with E-state index in [4.69, 9.17) is 0 Å². The highest BCUT2D eigenvalue weighted by Crippen LogP contribution is 2.23. The zero-order chi connectivity index (χ0) is 9.97. The predicted molar refractivity (Wildman–Crippen MR) is 58.8 cm³/mol. The highest BCUT2D eigenvalue weighted by Gasteiger charge is 2.08. The van der Waals surface area contributed by atoms with Crippen molar-refractivity contribution in [2.24, 2.45) is 0 Å². The standard InChI is InChI=1S/C10H10BrN3/c1-2-14-12-9(10(11)13-14)8-6-4-3-5-7-8/h3-7H,2H2,1H3. The number of hydrogen-bond acceptors (Lipinski definition) is 2. The van der Waals surface area contributed by atoms with Crippen LogP contribution in [0.15, 0.2) is 34.9 Å². The van der Waals surface area contributed by atoms with E-state index in [1.165, 1.54) is 0 Å². The fourth-order valence-corrected chi connectivity index (χ4v) is 1.73. The summed E-state index contributed by atoms with van der Waals surface area (Å²) in [5.41, 5.74) is 1.98. The Hall–Kier alpha value is -1.16. The molecule has 0 atom stereocenters. The number of halogens is 1. The summed E-state index contributed by atoms with van der Waals surface area (Å²) in [7, 11) is 0. The van der Waals surface area contributed by atoms with Crippen LogP contribution in [0.1, 0.15) is 6.92 Å². The molecule has 2 rings (SSSR count). The Morgan fingerprint density at radius 3 is 2.50 bits per heavy atom. The van der Waals surface area contributed by atoms with Crippen molar-refractivity contribution in [3.05, 3.63) is 34.9 Å². The Morgan fingerprint density at radius 2 is 1.93 bits per heavy atom. The van der Waals surface area contributed by atoms with Crippen LogP contribution in [0.3, 0.4) is 0 Å². The lowest BCUT2D eigenvalue weighted by Gasteiger charge is -1.94. The van der Waals surface area contributed by atoms with E-state index >= 15 is 0 Å². The topological polar surface area (TPSA) is 30.7 Å². The lowest BCUT2D eigenvalue weighted by molar-refractivity contribution is 0.568. The number of aryl methyl sites for hydroxylation is 1. The van der Waals surface area contributed by atoms with E-state index in [1.54, 1.807) is 4.80 Å². The van der Waals surface area contributed by atoms with Gasteiger partial charge in [0, 0.05) is 5.56 Å². The minimum Gasteiger partial charge on any atom is -0.183 e. The quantitative estimate of drug-likeness (QED) is 0.822. The molecule has 0 amide bonds. The van der Waals surface area contributed by atoms with Gasteiger partial charge in [-0.1, -0.05) is 30.3 Å². The summed E-state index contributed by atoms with van der Waals surface area (Å²) in [5, 5.41) is 8.58. The molecule has 14 heavy (non-hydrogen) atoms. The molecule has 0 aliphatic rings. The maximum atomic E-state index is 4.36. The Morgan fingerprint density at radius 1 is 1.21 bits per heavy atom. The molecule has 1 aromatic heterocycles. The molecule has 0 spiro atoms. The highest BCUT2D eigenvalue weighted by molar-refractivity contribution is 9.10. The van der Waals surface area contributed by atoms with Crippen molar-refractivity contribution >= 4 is 15.9 Å². The van der Waals surface area contributed by atoms with Crippen molar-refractivity contribution < 1.29 is 0 Å². The van der Waals surface area contributed by atoms with Crippen molar-refractivity contribution in [1.29, 1.82) is 0 Å². The minimum atomic E-state index is 0.783. The molecule has 72 valence electrons. The molecule has 0 bridgehead atoms. The molecule has 4 heteroatoms. The van der Waals surface area contributed by atoms with E-state index in [1.807, 2.05) is 37.3 Å². The summed E-state index contributed by atoms with van der Waals surface area (Å²) in [4.78, 5) is 1.67. The maximum Gasteiger partial charge on any atom is 0.156 e. The van der Waals surface area contributed by atoms with Gasteiger partial charge < -0.3 is 0 Å². The lowest BCUT2D eigenvalue weighted by Crippen LogP contribution is -1.98. The number of benzene rings is 1. The van der Waals surface area contributed by atoms with Gasteiger partial charge in [0.25, 0.3) is 0 Å². The van der Waals surface area contributed by atoms with E-state index in [9.17, 15) is 0 Å². The van der Waals surface area contributed by atoms with E-state index in [2.05, 4.69) is 26.1 Å². The third-order valence-corrected chi connectivity index (χ3v) is 2.48. The molecule has 3 nitrogen and oxygen atoms in total. The van der Waals surface area contributed by atoms with Crippen molar-refractivity contribution in [2.45, 2.75) is 13.5 Å². The third-order valence-electron chi connectivity index (χ3n) is 1.94. The smallest absolute Gasteiger partial charge is 0.156 e. The zero-order valence-electron chi connectivity index (χ0n) is 7.81. The summed E-state index contributed by atoms with van der Waals surface area (Å²) >= 11 is 3.40. The molecule has 0 saturated carbocycles. The van der Waals surface area contributed by atoms with Crippen LogP contribution in [-0.4, -0.2) is 15.0 Å². The van der Waals surface area contributed by atoms with Gasteiger partial charge >= 0.3 is 0 Å². The third kappa shape index (κ3) is 1.70. The van der Waals surface area contributed by atoms with Crippen LogP contribution in [0, 0.1) is 0 Å². The van der Waals surface area contributed by atoms with Gasteiger partial charge in [0.15, 0.2) is 4.60 Å². The van der Waals surface area contributed by atoms with Crippen molar-refractivity contribution in [1.82, 2.24) is 15.0 Å². The van der Waals surface area contributed by atoms with Crippen LogP contribution in [0.5, 0.6) is 0 Å². The first kappa shape index (κ1) is 9.40. The van der Waals surface area contributed by atoms with Crippen LogP contribution >= 0.6 is 15.9 Å². The maximum absolute atomic E-state index is 4.36. The van der Waals surface area contributed by atoms with Gasteiger partial charge in [-0.05, 0) is 22.9 Å². The first-order chi connectivity index (χ1) is 6.81. The monoisotopic (exact) mass is 251 g/mol. The Labute approximate surface area is 90.9 Å². The second kappa shape index (κ2) is 3.92. The van der Waals surface area contributed by atoms with Gasteiger partial charge in [-0.15, -0.1) is 5.10 Å². The normalized spacial score (nSPS) is 10.4. The highest BCUT2D eigenvalue weighted by atomic mass is 79.9. The number of aromatic nitrogens is 3. The molecule has 0 unspecified atom stereocenters. The fourth-order valence-electron chi connectivity index (χ4n) is 1.24. The second-order valence-corrected chi connectivity index (χ2v) is 3.65. The Kier molecular flexibility index (Phi) is 2.63. The average Bonchev–Trinajstić information content (AvgIpc) is 2.61. The van der Waals surface area contributed by atoms with E-state index in [-0.39, 0.29) is 0 Å². The minimum absolute atomic E-state index is 0.783. The molecule has 0 N–H and O–H groups in total. The molecule has 0 aliphatic carbocycles. The fraction of sp³-hybridized carbons (Fsp3) is 0.200. The largest absolute Gasteiger partial charge is 0.183 e. The van der Waals surface area contributed by atoms with Crippen LogP contribution < -0.4 is 0 Å². The van der Waals surface area contributed by atoms with Crippen molar-refractivity contribution in [3.8, 4) is 11.3 Å². The lowest BCUT2D eigenvalue weighted by atomic mass is 10.2. The molecule has 1 heterocycles. The summed E-state index contributed by atoms with van der Waals surface area (Å²) < 4.78 is 0.797. The van der Waals surface area contributed by atoms with Gasteiger partial charge in [0.05, 0.1) is 6.54 Å². The number of rotatable bonds is 2. The van der Waals surface area contributed by atoms with Gasteiger partial charge in [-0.3, -0.25) is 0 Å². The Balaban J connectivity index is 2.46. The Bertz CT molecular complexity index is 422. The summed E-state index contributed by atoms with van der Waals surface area (Å²) in [6.45, 7) is 2.80. The summed E-state index contributed by atoms with van der Waals surface area (Å²) in [5.74, 6) is 0. The van der Waals surface area contributed by atoms with Gasteiger partial charge in [0.2, 0.25) is 0 Å². The molecular weight excluding hydrogens is 242 g/mol. The van der Waals surface area contributed by atoms with Crippen LogP contribution in [-0.2, 0) is 6.54 Å². The molecule has 0 saturated heterocycles. The molecule has 1 aromatic carbocycles. The molecule has 2 aromatic rings. The summed E-state index contributed by atoms with van der Waals surface area (Å²) in [6.07, 6.45) is 0. The van der Waals surface area contributed by atoms with Gasteiger partial charge in [0.1, 0.15) is 5.69 Å².